The summed E-state index contributed by atoms with van der Waals surface area (Å²) in [6.45, 7) is 1.70. The van der Waals surface area contributed by atoms with Crippen LogP contribution in [0.25, 0.3) is 0 Å². The second-order valence-corrected chi connectivity index (χ2v) is 5.23. The van der Waals surface area contributed by atoms with E-state index in [1.54, 1.807) is 32.2 Å². The van der Waals surface area contributed by atoms with Crippen LogP contribution < -0.4 is 20.9 Å². The van der Waals surface area contributed by atoms with Gasteiger partial charge in [0.2, 0.25) is 5.91 Å². The van der Waals surface area contributed by atoms with Gasteiger partial charge in [-0.25, -0.2) is 0 Å². The summed E-state index contributed by atoms with van der Waals surface area (Å²) in [5.41, 5.74) is 5.32. The number of ether oxygens (including phenoxy) is 1. The van der Waals surface area contributed by atoms with E-state index >= 15 is 0 Å². The summed E-state index contributed by atoms with van der Waals surface area (Å²) in [4.78, 5) is 23.0. The van der Waals surface area contributed by atoms with E-state index in [0.717, 1.165) is 3.57 Å². The van der Waals surface area contributed by atoms with Crippen LogP contribution in [0.1, 0.15) is 23.7 Å². The normalized spacial score (nSPS) is 9.55. The van der Waals surface area contributed by atoms with Crippen molar-refractivity contribution in [1.82, 2.24) is 16.2 Å². The summed E-state index contributed by atoms with van der Waals surface area (Å²) in [6, 6.07) is 5.02. The van der Waals surface area contributed by atoms with Crippen LogP contribution >= 0.6 is 34.8 Å². The summed E-state index contributed by atoms with van der Waals surface area (Å²) in [7, 11) is 1.56. The molecular formula is C12H14IN3O3S. The summed E-state index contributed by atoms with van der Waals surface area (Å²) < 4.78 is 5.93. The number of amides is 2. The maximum Gasteiger partial charge on any atom is 0.269 e. The fourth-order valence-electron chi connectivity index (χ4n) is 1.24. The highest BCUT2D eigenvalue weighted by Gasteiger charge is 2.09. The molecule has 0 fully saturated rings. The summed E-state index contributed by atoms with van der Waals surface area (Å²) in [6.07, 6.45) is 0.312. The van der Waals surface area contributed by atoms with Crippen molar-refractivity contribution in [3.8, 4) is 5.75 Å². The Hall–Kier alpha value is -1.42. The van der Waals surface area contributed by atoms with E-state index in [1.807, 2.05) is 0 Å². The van der Waals surface area contributed by atoms with Gasteiger partial charge >= 0.3 is 0 Å². The van der Waals surface area contributed by atoms with Crippen LogP contribution in [0, 0.1) is 3.57 Å². The van der Waals surface area contributed by atoms with E-state index in [1.165, 1.54) is 0 Å². The zero-order valence-corrected chi connectivity index (χ0v) is 13.9. The van der Waals surface area contributed by atoms with Crippen LogP contribution in [0.5, 0.6) is 5.75 Å². The standard InChI is InChI=1S/C12H14IN3O3S/c1-3-10(17)14-12(20)16-15-11(18)7-4-5-9(19-2)8(13)6-7/h4-6H,3H2,1-2H3,(H,15,18)(H2,14,16,17,20). The van der Waals surface area contributed by atoms with Crippen LogP contribution in [-0.4, -0.2) is 24.0 Å². The lowest BCUT2D eigenvalue weighted by Crippen LogP contribution is -2.48. The van der Waals surface area contributed by atoms with Gasteiger partial charge in [0.05, 0.1) is 10.7 Å². The van der Waals surface area contributed by atoms with Gasteiger partial charge in [0.15, 0.2) is 5.11 Å². The van der Waals surface area contributed by atoms with Gasteiger partial charge in [-0.05, 0) is 53.0 Å². The van der Waals surface area contributed by atoms with E-state index in [4.69, 9.17) is 17.0 Å². The molecule has 2 amide bonds. The van der Waals surface area contributed by atoms with E-state index in [-0.39, 0.29) is 16.9 Å². The van der Waals surface area contributed by atoms with Crippen molar-refractivity contribution in [2.75, 3.05) is 7.11 Å². The number of hydrazine groups is 1. The zero-order valence-electron chi connectivity index (χ0n) is 11.0. The Morgan fingerprint density at radius 3 is 2.60 bits per heavy atom. The molecule has 0 unspecified atom stereocenters. The van der Waals surface area contributed by atoms with Crippen LogP contribution in [0.15, 0.2) is 18.2 Å². The quantitative estimate of drug-likeness (QED) is 0.401. The molecule has 6 nitrogen and oxygen atoms in total. The van der Waals surface area contributed by atoms with Gasteiger partial charge in [-0.3, -0.25) is 20.4 Å². The molecule has 0 aliphatic carbocycles. The summed E-state index contributed by atoms with van der Waals surface area (Å²) in [5.74, 6) is 0.107. The predicted octanol–water partition coefficient (Wildman–Crippen LogP) is 1.35. The summed E-state index contributed by atoms with van der Waals surface area (Å²) in [5, 5.41) is 2.46. The van der Waals surface area contributed by atoms with Crippen molar-refractivity contribution >= 4 is 51.7 Å². The fourth-order valence-corrected chi connectivity index (χ4v) is 2.14. The Bertz CT molecular complexity index is 537. The van der Waals surface area contributed by atoms with E-state index in [2.05, 4.69) is 38.8 Å². The van der Waals surface area contributed by atoms with Crippen LogP contribution in [-0.2, 0) is 4.79 Å². The molecule has 0 bridgehead atoms. The lowest BCUT2D eigenvalue weighted by molar-refractivity contribution is -0.119. The smallest absolute Gasteiger partial charge is 0.269 e. The molecule has 0 spiro atoms. The lowest BCUT2D eigenvalue weighted by atomic mass is 10.2. The molecule has 1 aromatic rings. The van der Waals surface area contributed by atoms with E-state index in [9.17, 15) is 9.59 Å². The van der Waals surface area contributed by atoms with Gasteiger partial charge in [-0.2, -0.15) is 0 Å². The number of thiocarbonyl (C=S) groups is 1. The Morgan fingerprint density at radius 2 is 2.05 bits per heavy atom. The molecule has 0 aromatic heterocycles. The van der Waals surface area contributed by atoms with E-state index < -0.39 is 0 Å². The lowest BCUT2D eigenvalue weighted by Gasteiger charge is -2.11. The highest BCUT2D eigenvalue weighted by molar-refractivity contribution is 14.1. The maximum absolute atomic E-state index is 11.9. The third kappa shape index (κ3) is 4.93. The van der Waals surface area contributed by atoms with E-state index in [0.29, 0.717) is 17.7 Å². The Kier molecular flexibility index (Phi) is 6.65. The summed E-state index contributed by atoms with van der Waals surface area (Å²) >= 11 is 6.92. The van der Waals surface area contributed by atoms with Crippen LogP contribution in [0.4, 0.5) is 0 Å². The van der Waals surface area contributed by atoms with Crippen molar-refractivity contribution < 1.29 is 14.3 Å². The Labute approximate surface area is 135 Å². The Balaban J connectivity index is 2.57. The minimum Gasteiger partial charge on any atom is -0.496 e. The number of hydrogen-bond donors (Lipinski definition) is 3. The number of carbonyl (C=O) groups excluding carboxylic acids is 2. The number of carbonyl (C=O) groups is 2. The molecule has 8 heteroatoms. The van der Waals surface area contributed by atoms with Gasteiger partial charge in [-0.15, -0.1) is 0 Å². The molecule has 0 atom stereocenters. The third-order valence-electron chi connectivity index (χ3n) is 2.28. The second-order valence-electron chi connectivity index (χ2n) is 3.66. The van der Waals surface area contributed by atoms with Gasteiger partial charge in [0.25, 0.3) is 5.91 Å². The fraction of sp³-hybridized carbons (Fsp3) is 0.250. The first kappa shape index (κ1) is 16.6. The van der Waals surface area contributed by atoms with Gasteiger partial charge in [0.1, 0.15) is 5.75 Å². The largest absolute Gasteiger partial charge is 0.496 e. The first-order chi connectivity index (χ1) is 9.47. The molecule has 3 N–H and O–H groups in total. The topological polar surface area (TPSA) is 79.5 Å². The molecule has 0 saturated carbocycles. The molecule has 0 heterocycles. The molecule has 0 radical (unpaired) electrons. The van der Waals surface area contributed by atoms with Crippen molar-refractivity contribution in [1.29, 1.82) is 0 Å². The van der Waals surface area contributed by atoms with Gasteiger partial charge in [0, 0.05) is 12.0 Å². The number of benzene rings is 1. The van der Waals surface area contributed by atoms with Crippen LogP contribution in [0.3, 0.4) is 0 Å². The SMILES string of the molecule is CCC(=O)NC(=S)NNC(=O)c1ccc(OC)c(I)c1. The number of nitrogens with one attached hydrogen (secondary N) is 3. The molecule has 108 valence electrons. The molecule has 20 heavy (non-hydrogen) atoms. The van der Waals surface area contributed by atoms with Gasteiger partial charge < -0.3 is 10.1 Å². The molecule has 1 rings (SSSR count). The Morgan fingerprint density at radius 1 is 1.35 bits per heavy atom. The van der Waals surface area contributed by atoms with Gasteiger partial charge in [-0.1, -0.05) is 6.92 Å². The van der Waals surface area contributed by atoms with Crippen molar-refractivity contribution in [2.45, 2.75) is 13.3 Å². The molecule has 1 aromatic carbocycles. The predicted molar refractivity (Wildman–Crippen MR) is 87.3 cm³/mol. The average Bonchev–Trinajstić information content (AvgIpc) is 2.44. The van der Waals surface area contributed by atoms with Crippen LogP contribution in [0.2, 0.25) is 0 Å². The molecule has 0 aliphatic rings. The molecule has 0 saturated heterocycles. The monoisotopic (exact) mass is 407 g/mol. The highest BCUT2D eigenvalue weighted by atomic mass is 127. The van der Waals surface area contributed by atoms with Crippen molar-refractivity contribution in [2.24, 2.45) is 0 Å². The maximum atomic E-state index is 11.9. The number of hydrogen-bond acceptors (Lipinski definition) is 4. The molecular weight excluding hydrogens is 393 g/mol. The highest BCUT2D eigenvalue weighted by Crippen LogP contribution is 2.21. The van der Waals surface area contributed by atoms with Crippen molar-refractivity contribution in [3.05, 3.63) is 27.3 Å². The third-order valence-corrected chi connectivity index (χ3v) is 3.32. The minimum absolute atomic E-state index is 0.0495. The first-order valence-corrected chi connectivity index (χ1v) is 7.20. The second kappa shape index (κ2) is 8.00. The first-order valence-electron chi connectivity index (χ1n) is 5.71. The number of methoxy groups -OCH3 is 1. The number of rotatable bonds is 3. The molecule has 0 aliphatic heterocycles. The minimum atomic E-state index is -0.362. The zero-order chi connectivity index (χ0) is 15.1. The van der Waals surface area contributed by atoms with Crippen molar-refractivity contribution in [3.63, 3.8) is 0 Å². The number of halogens is 1. The average molecular weight is 407 g/mol.